The molecule has 16 heavy (non-hydrogen) atoms. The molecule has 0 aromatic heterocycles. The van der Waals surface area contributed by atoms with Crippen LogP contribution >= 0.6 is 11.8 Å². The van der Waals surface area contributed by atoms with Crippen molar-refractivity contribution in [3.63, 3.8) is 0 Å². The summed E-state index contributed by atoms with van der Waals surface area (Å²) >= 11 is 1.96. The normalized spacial score (nSPS) is 19.9. The molecule has 0 unspecified atom stereocenters. The molecule has 1 atom stereocenters. The van der Waals surface area contributed by atoms with Crippen LogP contribution in [0.4, 0.5) is 0 Å². The van der Waals surface area contributed by atoms with E-state index < -0.39 is 0 Å². The topological polar surface area (TPSA) is 17.1 Å². The van der Waals surface area contributed by atoms with Crippen LogP contribution in [0.15, 0.2) is 29.2 Å². The number of hydrogen-bond donors (Lipinski definition) is 0. The summed E-state index contributed by atoms with van der Waals surface area (Å²) in [5.74, 6) is 1.26. The lowest BCUT2D eigenvalue weighted by Crippen LogP contribution is -1.93. The van der Waals surface area contributed by atoms with Gasteiger partial charge in [-0.3, -0.25) is 0 Å². The van der Waals surface area contributed by atoms with Gasteiger partial charge in [0.05, 0.1) is 0 Å². The van der Waals surface area contributed by atoms with Gasteiger partial charge in [0.15, 0.2) is 0 Å². The van der Waals surface area contributed by atoms with E-state index in [-0.39, 0.29) is 5.92 Å². The number of carbonyl (C=O) groups is 1. The summed E-state index contributed by atoms with van der Waals surface area (Å²) in [6, 6.07) is 8.29. The van der Waals surface area contributed by atoms with Crippen molar-refractivity contribution >= 4 is 24.1 Å². The van der Waals surface area contributed by atoms with Gasteiger partial charge in [-0.15, -0.1) is 11.8 Å². The zero-order chi connectivity index (χ0) is 11.4. The predicted molar refractivity (Wildman–Crippen MR) is 70.6 cm³/mol. The van der Waals surface area contributed by atoms with Crippen LogP contribution in [0.1, 0.15) is 36.8 Å². The van der Waals surface area contributed by atoms with Gasteiger partial charge < -0.3 is 4.79 Å². The standard InChI is InChI=1S/C14H16OS/c1-11(10-15)13-6-4-12(5-7-13)9-14-3-2-8-16-14/h4-7,9-11H,2-3,8H2,1H3/b14-9-/t11-/m1/s1. The zero-order valence-electron chi connectivity index (χ0n) is 9.48. The number of hydrogen-bond acceptors (Lipinski definition) is 2. The van der Waals surface area contributed by atoms with Gasteiger partial charge in [0.2, 0.25) is 0 Å². The Bertz CT molecular complexity index is 384. The lowest BCUT2D eigenvalue weighted by atomic mass is 10.0. The van der Waals surface area contributed by atoms with Gasteiger partial charge in [-0.05, 0) is 40.7 Å². The quantitative estimate of drug-likeness (QED) is 0.736. The summed E-state index contributed by atoms with van der Waals surface area (Å²) in [5, 5.41) is 0. The maximum Gasteiger partial charge on any atom is 0.127 e. The van der Waals surface area contributed by atoms with Crippen LogP contribution in [0.2, 0.25) is 0 Å². The minimum absolute atomic E-state index is 0.00237. The van der Waals surface area contributed by atoms with E-state index in [1.54, 1.807) is 0 Å². The van der Waals surface area contributed by atoms with Gasteiger partial charge in [0.1, 0.15) is 6.29 Å². The largest absolute Gasteiger partial charge is 0.303 e. The Morgan fingerprint density at radius 1 is 1.31 bits per heavy atom. The summed E-state index contributed by atoms with van der Waals surface area (Å²) in [4.78, 5) is 12.1. The van der Waals surface area contributed by atoms with E-state index in [0.29, 0.717) is 0 Å². The number of aldehydes is 1. The summed E-state index contributed by atoms with van der Waals surface area (Å²) in [7, 11) is 0. The Balaban J connectivity index is 2.12. The highest BCUT2D eigenvalue weighted by Gasteiger charge is 2.07. The van der Waals surface area contributed by atoms with Crippen LogP contribution in [0.25, 0.3) is 6.08 Å². The second-order valence-electron chi connectivity index (χ2n) is 4.15. The number of rotatable bonds is 3. The molecule has 1 saturated heterocycles. The second-order valence-corrected chi connectivity index (χ2v) is 5.38. The van der Waals surface area contributed by atoms with E-state index in [4.69, 9.17) is 0 Å². The van der Waals surface area contributed by atoms with Crippen LogP contribution in [-0.4, -0.2) is 12.0 Å². The Kier molecular flexibility index (Phi) is 3.83. The van der Waals surface area contributed by atoms with E-state index >= 15 is 0 Å². The number of benzene rings is 1. The minimum atomic E-state index is 0.00237. The van der Waals surface area contributed by atoms with Crippen molar-refractivity contribution in [3.8, 4) is 0 Å². The first kappa shape index (κ1) is 11.5. The van der Waals surface area contributed by atoms with E-state index in [1.807, 2.05) is 30.8 Å². The maximum atomic E-state index is 10.7. The zero-order valence-corrected chi connectivity index (χ0v) is 10.3. The highest BCUT2D eigenvalue weighted by molar-refractivity contribution is 8.03. The molecule has 2 heteroatoms. The average molecular weight is 232 g/mol. The Hall–Kier alpha value is -1.02. The van der Waals surface area contributed by atoms with Crippen molar-refractivity contribution in [2.45, 2.75) is 25.7 Å². The molecule has 1 aromatic rings. The fourth-order valence-corrected chi connectivity index (χ4v) is 2.85. The third-order valence-electron chi connectivity index (χ3n) is 2.85. The van der Waals surface area contributed by atoms with Gasteiger partial charge in [-0.1, -0.05) is 31.2 Å². The van der Waals surface area contributed by atoms with Gasteiger partial charge in [-0.25, -0.2) is 0 Å². The smallest absolute Gasteiger partial charge is 0.127 e. The van der Waals surface area contributed by atoms with Crippen molar-refractivity contribution in [1.82, 2.24) is 0 Å². The third-order valence-corrected chi connectivity index (χ3v) is 4.03. The SMILES string of the molecule is C[C@H](C=O)c1ccc(/C=C2/CCCS2)cc1. The molecule has 0 saturated carbocycles. The summed E-state index contributed by atoms with van der Waals surface area (Å²) in [6.07, 6.45) is 5.77. The number of thioether (sulfide) groups is 1. The molecule has 0 bridgehead atoms. The molecule has 0 radical (unpaired) electrons. The third kappa shape index (κ3) is 2.76. The first-order chi connectivity index (χ1) is 7.79. The predicted octanol–water partition coefficient (Wildman–Crippen LogP) is 3.86. The van der Waals surface area contributed by atoms with Crippen LogP contribution in [0.3, 0.4) is 0 Å². The summed E-state index contributed by atoms with van der Waals surface area (Å²) in [6.45, 7) is 1.92. The van der Waals surface area contributed by atoms with Crippen molar-refractivity contribution in [2.24, 2.45) is 0 Å². The highest BCUT2D eigenvalue weighted by atomic mass is 32.2. The molecule has 0 spiro atoms. The molecule has 1 nitrogen and oxygen atoms in total. The van der Waals surface area contributed by atoms with Crippen LogP contribution in [0.5, 0.6) is 0 Å². The molecule has 1 fully saturated rings. The fourth-order valence-electron chi connectivity index (χ4n) is 1.80. The van der Waals surface area contributed by atoms with E-state index in [9.17, 15) is 4.79 Å². The van der Waals surface area contributed by atoms with Gasteiger partial charge >= 0.3 is 0 Å². The molecule has 0 amide bonds. The van der Waals surface area contributed by atoms with Crippen molar-refractivity contribution in [3.05, 3.63) is 40.3 Å². The first-order valence-electron chi connectivity index (χ1n) is 5.68. The molecule has 84 valence electrons. The molecular weight excluding hydrogens is 216 g/mol. The summed E-state index contributed by atoms with van der Waals surface area (Å²) < 4.78 is 0. The Labute approximate surface area is 101 Å². The van der Waals surface area contributed by atoms with E-state index in [1.165, 1.54) is 29.1 Å². The van der Waals surface area contributed by atoms with Gasteiger partial charge in [0, 0.05) is 5.92 Å². The lowest BCUT2D eigenvalue weighted by Gasteiger charge is -2.04. The molecule has 1 aliphatic rings. The van der Waals surface area contributed by atoms with E-state index in [2.05, 4.69) is 18.2 Å². The monoisotopic (exact) mass is 232 g/mol. The highest BCUT2D eigenvalue weighted by Crippen LogP contribution is 2.31. The van der Waals surface area contributed by atoms with Crippen molar-refractivity contribution < 1.29 is 4.79 Å². The van der Waals surface area contributed by atoms with Crippen molar-refractivity contribution in [1.29, 1.82) is 0 Å². The molecule has 0 aliphatic carbocycles. The van der Waals surface area contributed by atoms with Gasteiger partial charge in [0.25, 0.3) is 0 Å². The van der Waals surface area contributed by atoms with Crippen LogP contribution in [0, 0.1) is 0 Å². The molecule has 2 rings (SSSR count). The first-order valence-corrected chi connectivity index (χ1v) is 6.67. The van der Waals surface area contributed by atoms with Crippen LogP contribution in [-0.2, 0) is 4.79 Å². The Morgan fingerprint density at radius 3 is 2.62 bits per heavy atom. The molecule has 1 aliphatic heterocycles. The molecule has 1 heterocycles. The average Bonchev–Trinajstić information content (AvgIpc) is 2.82. The Morgan fingerprint density at radius 2 is 2.06 bits per heavy atom. The summed E-state index contributed by atoms with van der Waals surface area (Å²) in [5.41, 5.74) is 2.34. The second kappa shape index (κ2) is 5.35. The number of allylic oxidation sites excluding steroid dienone is 1. The van der Waals surface area contributed by atoms with E-state index in [0.717, 1.165) is 11.8 Å². The molecule has 0 N–H and O–H groups in total. The maximum absolute atomic E-state index is 10.7. The number of carbonyl (C=O) groups excluding carboxylic acids is 1. The van der Waals surface area contributed by atoms with Crippen LogP contribution < -0.4 is 0 Å². The lowest BCUT2D eigenvalue weighted by molar-refractivity contribution is -0.108. The fraction of sp³-hybridized carbons (Fsp3) is 0.357. The molecule has 1 aromatic carbocycles. The molecular formula is C14H16OS. The van der Waals surface area contributed by atoms with Gasteiger partial charge in [-0.2, -0.15) is 0 Å². The van der Waals surface area contributed by atoms with Crippen molar-refractivity contribution in [2.75, 3.05) is 5.75 Å². The minimum Gasteiger partial charge on any atom is -0.303 e.